The van der Waals surface area contributed by atoms with E-state index >= 15 is 0 Å². The number of aromatic nitrogens is 3. The number of methoxy groups -OCH3 is 1. The first-order valence-corrected chi connectivity index (χ1v) is 6.02. The Bertz CT molecular complexity index is 692. The van der Waals surface area contributed by atoms with Crippen LogP contribution in [0.4, 0.5) is 5.82 Å². The minimum absolute atomic E-state index is 0.625. The number of ether oxygens (including phenoxy) is 1. The molecule has 19 heavy (non-hydrogen) atoms. The molecule has 0 aliphatic heterocycles. The minimum Gasteiger partial charge on any atom is -0.481 e. The molecular weight excluding hydrogens is 240 g/mol. The molecule has 0 fully saturated rings. The second-order valence-corrected chi connectivity index (χ2v) is 4.13. The van der Waals surface area contributed by atoms with Crippen LogP contribution in [0.2, 0.25) is 0 Å². The lowest BCUT2D eigenvalue weighted by molar-refractivity contribution is 0.397. The number of anilines is 1. The third-order valence-electron chi connectivity index (χ3n) is 2.91. The number of fused-ring (bicyclic) bond motifs is 1. The smallest absolute Gasteiger partial charge is 0.213 e. The summed E-state index contributed by atoms with van der Waals surface area (Å²) in [6, 6.07) is 9.86. The van der Waals surface area contributed by atoms with E-state index in [1.807, 2.05) is 40.9 Å². The Hall–Kier alpha value is -2.56. The lowest BCUT2D eigenvalue weighted by Crippen LogP contribution is -2.04. The molecule has 0 spiro atoms. The highest BCUT2D eigenvalue weighted by Crippen LogP contribution is 2.14. The van der Waals surface area contributed by atoms with Crippen molar-refractivity contribution in [1.29, 1.82) is 0 Å². The first-order valence-electron chi connectivity index (χ1n) is 6.02. The average Bonchev–Trinajstić information content (AvgIpc) is 2.94. The second-order valence-electron chi connectivity index (χ2n) is 4.13. The maximum atomic E-state index is 5.11. The van der Waals surface area contributed by atoms with E-state index in [2.05, 4.69) is 15.3 Å². The normalized spacial score (nSPS) is 10.6. The first-order chi connectivity index (χ1) is 9.36. The molecule has 0 saturated heterocycles. The summed E-state index contributed by atoms with van der Waals surface area (Å²) < 4.78 is 7.12. The highest BCUT2D eigenvalue weighted by molar-refractivity contribution is 5.50. The van der Waals surface area contributed by atoms with Gasteiger partial charge in [-0.15, -0.1) is 0 Å². The van der Waals surface area contributed by atoms with E-state index in [1.165, 1.54) is 0 Å². The lowest BCUT2D eigenvalue weighted by atomic mass is 10.2. The molecule has 3 heterocycles. The van der Waals surface area contributed by atoms with Gasteiger partial charge in [0, 0.05) is 31.2 Å². The zero-order valence-corrected chi connectivity index (χ0v) is 10.6. The summed E-state index contributed by atoms with van der Waals surface area (Å²) in [4.78, 5) is 8.34. The maximum absolute atomic E-state index is 5.11. The van der Waals surface area contributed by atoms with Gasteiger partial charge in [-0.25, -0.2) is 9.97 Å². The van der Waals surface area contributed by atoms with Crippen LogP contribution in [0.5, 0.6) is 5.88 Å². The number of rotatable bonds is 4. The molecule has 0 unspecified atom stereocenters. The fourth-order valence-electron chi connectivity index (χ4n) is 1.96. The van der Waals surface area contributed by atoms with Crippen molar-refractivity contribution < 1.29 is 4.74 Å². The van der Waals surface area contributed by atoms with Crippen molar-refractivity contribution in [3.05, 3.63) is 54.5 Å². The quantitative estimate of drug-likeness (QED) is 0.776. The highest BCUT2D eigenvalue weighted by Gasteiger charge is 2.01. The summed E-state index contributed by atoms with van der Waals surface area (Å²) in [5, 5.41) is 3.38. The van der Waals surface area contributed by atoms with E-state index in [4.69, 9.17) is 4.74 Å². The van der Waals surface area contributed by atoms with Crippen LogP contribution in [-0.4, -0.2) is 21.5 Å². The molecule has 0 saturated carbocycles. The van der Waals surface area contributed by atoms with E-state index in [0.717, 1.165) is 17.0 Å². The van der Waals surface area contributed by atoms with Crippen LogP contribution in [-0.2, 0) is 6.54 Å². The van der Waals surface area contributed by atoms with E-state index in [9.17, 15) is 0 Å². The van der Waals surface area contributed by atoms with E-state index in [1.54, 1.807) is 19.5 Å². The molecule has 0 radical (unpaired) electrons. The van der Waals surface area contributed by atoms with Gasteiger partial charge in [0.05, 0.1) is 7.11 Å². The van der Waals surface area contributed by atoms with Crippen molar-refractivity contribution in [2.24, 2.45) is 0 Å². The Morgan fingerprint density at radius 1 is 1.21 bits per heavy atom. The molecule has 3 aromatic heterocycles. The summed E-state index contributed by atoms with van der Waals surface area (Å²) in [6.07, 6.45) is 5.47. The highest BCUT2D eigenvalue weighted by atomic mass is 16.5. The fourth-order valence-corrected chi connectivity index (χ4v) is 1.96. The molecule has 0 amide bonds. The zero-order valence-electron chi connectivity index (χ0n) is 10.6. The molecule has 0 aliphatic rings. The molecule has 0 atom stereocenters. The van der Waals surface area contributed by atoms with Gasteiger partial charge in [0.15, 0.2) is 0 Å². The van der Waals surface area contributed by atoms with Crippen LogP contribution in [0.3, 0.4) is 0 Å². The van der Waals surface area contributed by atoms with Crippen molar-refractivity contribution >= 4 is 11.5 Å². The monoisotopic (exact) mass is 254 g/mol. The third kappa shape index (κ3) is 2.35. The van der Waals surface area contributed by atoms with Gasteiger partial charge in [0.1, 0.15) is 11.5 Å². The largest absolute Gasteiger partial charge is 0.481 e. The average molecular weight is 254 g/mol. The molecule has 5 heteroatoms. The Balaban J connectivity index is 1.80. The molecule has 0 aliphatic carbocycles. The van der Waals surface area contributed by atoms with Gasteiger partial charge in [0.25, 0.3) is 0 Å². The number of hydrogen-bond donors (Lipinski definition) is 1. The van der Waals surface area contributed by atoms with Gasteiger partial charge in [-0.3, -0.25) is 4.40 Å². The summed E-state index contributed by atoms with van der Waals surface area (Å²) in [6.45, 7) is 0.705. The predicted octanol–water partition coefficient (Wildman–Crippen LogP) is 2.35. The summed E-state index contributed by atoms with van der Waals surface area (Å²) in [7, 11) is 1.62. The van der Waals surface area contributed by atoms with E-state index in [0.29, 0.717) is 12.4 Å². The predicted molar refractivity (Wildman–Crippen MR) is 73.3 cm³/mol. The minimum atomic E-state index is 0.625. The van der Waals surface area contributed by atoms with Crippen LogP contribution in [0.25, 0.3) is 5.65 Å². The van der Waals surface area contributed by atoms with Crippen LogP contribution in [0, 0.1) is 0 Å². The van der Waals surface area contributed by atoms with Gasteiger partial charge in [-0.05, 0) is 23.8 Å². The number of nitrogens with one attached hydrogen (secondary N) is 1. The van der Waals surface area contributed by atoms with Crippen LogP contribution in [0.15, 0.2) is 48.9 Å². The van der Waals surface area contributed by atoms with Crippen molar-refractivity contribution in [1.82, 2.24) is 14.4 Å². The summed E-state index contributed by atoms with van der Waals surface area (Å²) in [5.41, 5.74) is 2.04. The number of pyridine rings is 2. The molecule has 3 rings (SSSR count). The Labute approximate surface area is 110 Å². The SMILES string of the molecule is COc1cc(CNc2cccc3nccn23)ccn1. The lowest BCUT2D eigenvalue weighted by Gasteiger charge is -2.09. The molecule has 3 aromatic rings. The van der Waals surface area contributed by atoms with Crippen molar-refractivity contribution in [2.75, 3.05) is 12.4 Å². The fraction of sp³-hybridized carbons (Fsp3) is 0.143. The van der Waals surface area contributed by atoms with Gasteiger partial charge >= 0.3 is 0 Å². The number of hydrogen-bond acceptors (Lipinski definition) is 4. The van der Waals surface area contributed by atoms with Crippen molar-refractivity contribution in [3.63, 3.8) is 0 Å². The molecule has 0 aromatic carbocycles. The van der Waals surface area contributed by atoms with Crippen molar-refractivity contribution in [2.45, 2.75) is 6.54 Å². The van der Waals surface area contributed by atoms with Gasteiger partial charge in [-0.1, -0.05) is 6.07 Å². The summed E-state index contributed by atoms with van der Waals surface area (Å²) in [5.74, 6) is 1.63. The van der Waals surface area contributed by atoms with Crippen molar-refractivity contribution in [3.8, 4) is 5.88 Å². The Morgan fingerprint density at radius 3 is 3.05 bits per heavy atom. The van der Waals surface area contributed by atoms with E-state index in [-0.39, 0.29) is 0 Å². The Kier molecular flexibility index (Phi) is 3.02. The van der Waals surface area contributed by atoms with Crippen LogP contribution < -0.4 is 10.1 Å². The molecule has 1 N–H and O–H groups in total. The number of imidazole rings is 1. The van der Waals surface area contributed by atoms with E-state index < -0.39 is 0 Å². The zero-order chi connectivity index (χ0) is 13.1. The van der Waals surface area contributed by atoms with Crippen LogP contribution in [0.1, 0.15) is 5.56 Å². The second kappa shape index (κ2) is 4.97. The molecular formula is C14H14N4O. The molecule has 5 nitrogen and oxygen atoms in total. The third-order valence-corrected chi connectivity index (χ3v) is 2.91. The molecule has 0 bridgehead atoms. The molecule has 96 valence electrons. The van der Waals surface area contributed by atoms with Gasteiger partial charge in [-0.2, -0.15) is 0 Å². The maximum Gasteiger partial charge on any atom is 0.213 e. The van der Waals surface area contributed by atoms with Gasteiger partial charge in [0.2, 0.25) is 5.88 Å². The topological polar surface area (TPSA) is 51.5 Å². The standard InChI is InChI=1S/C14H14N4O/c1-19-14-9-11(5-6-16-14)10-17-13-4-2-3-12-15-7-8-18(12)13/h2-9,17H,10H2,1H3. The number of nitrogens with zero attached hydrogens (tertiary/aromatic N) is 3. The van der Waals surface area contributed by atoms with Crippen LogP contribution >= 0.6 is 0 Å². The van der Waals surface area contributed by atoms with Gasteiger partial charge < -0.3 is 10.1 Å². The Morgan fingerprint density at radius 2 is 2.16 bits per heavy atom. The summed E-state index contributed by atoms with van der Waals surface area (Å²) >= 11 is 0. The first kappa shape index (κ1) is 11.5.